The molecule has 130 valence electrons. The predicted octanol–water partition coefficient (Wildman–Crippen LogP) is 1.28. The molecule has 0 radical (unpaired) electrons. The van der Waals surface area contributed by atoms with Gasteiger partial charge in [-0.25, -0.2) is 9.59 Å². The van der Waals surface area contributed by atoms with E-state index in [0.717, 1.165) is 6.07 Å². The minimum atomic E-state index is -1.21. The van der Waals surface area contributed by atoms with Crippen LogP contribution in [0.4, 0.5) is 10.5 Å². The largest absolute Gasteiger partial charge is 0.449 e. The fraction of sp³-hybridized carbons (Fsp3) is 0.176. The number of nitrogens with one attached hydrogen (secondary N) is 2. The van der Waals surface area contributed by atoms with Crippen LogP contribution >= 0.6 is 0 Å². The maximum Gasteiger partial charge on any atom is 0.339 e. The number of carbonyl (C=O) groups excluding carboxylic acids is 3. The molecule has 0 aliphatic rings. The molecular weight excluding hydrogens is 326 g/mol. The number of hydrogen-bond acceptors (Lipinski definition) is 5. The summed E-state index contributed by atoms with van der Waals surface area (Å²) >= 11 is 0. The number of carbonyl (C=O) groups is 3. The number of aryl methyl sites for hydroxylation is 1. The summed E-state index contributed by atoms with van der Waals surface area (Å²) in [5.41, 5.74) is 0.155. The first-order valence-corrected chi connectivity index (χ1v) is 7.41. The number of hydrogen-bond donors (Lipinski definition) is 2. The minimum Gasteiger partial charge on any atom is -0.449 e. The van der Waals surface area contributed by atoms with Crippen molar-refractivity contribution in [3.63, 3.8) is 0 Å². The van der Waals surface area contributed by atoms with E-state index in [4.69, 9.17) is 4.74 Å². The lowest BCUT2D eigenvalue weighted by atomic mass is 10.2. The van der Waals surface area contributed by atoms with Gasteiger partial charge < -0.3 is 14.6 Å². The van der Waals surface area contributed by atoms with Crippen LogP contribution in [0.1, 0.15) is 17.3 Å². The van der Waals surface area contributed by atoms with E-state index in [0.29, 0.717) is 5.69 Å². The second-order valence-corrected chi connectivity index (χ2v) is 5.22. The van der Waals surface area contributed by atoms with E-state index in [9.17, 15) is 19.2 Å². The molecular formula is C17H17N3O5. The molecule has 0 saturated heterocycles. The van der Waals surface area contributed by atoms with Gasteiger partial charge in [-0.2, -0.15) is 0 Å². The van der Waals surface area contributed by atoms with Gasteiger partial charge in [0.1, 0.15) is 0 Å². The molecule has 0 fully saturated rings. The third kappa shape index (κ3) is 5.03. The standard InChI is InChI=1S/C17H17N3O5/c1-11(25-16(23)12-8-9-20(2)14(21)10-12)15(22)19-17(24)18-13-6-4-3-5-7-13/h3-11H,1-2H3,(H2,18,19,22,24)/t11-/m0/s1. The molecule has 2 aromatic rings. The topological polar surface area (TPSA) is 106 Å². The zero-order valence-corrected chi connectivity index (χ0v) is 13.7. The Morgan fingerprint density at radius 3 is 2.44 bits per heavy atom. The summed E-state index contributed by atoms with van der Waals surface area (Å²) in [6.45, 7) is 1.32. The van der Waals surface area contributed by atoms with Crippen molar-refractivity contribution in [1.29, 1.82) is 0 Å². The highest BCUT2D eigenvalue weighted by molar-refractivity contribution is 6.03. The van der Waals surface area contributed by atoms with Gasteiger partial charge >= 0.3 is 12.0 Å². The summed E-state index contributed by atoms with van der Waals surface area (Å²) in [4.78, 5) is 47.1. The molecule has 2 rings (SSSR count). The number of nitrogens with zero attached hydrogens (tertiary/aromatic N) is 1. The minimum absolute atomic E-state index is 0.0245. The molecule has 0 spiro atoms. The lowest BCUT2D eigenvalue weighted by Gasteiger charge is -2.13. The number of amides is 3. The molecule has 0 aliphatic carbocycles. The van der Waals surface area contributed by atoms with Gasteiger partial charge in [0.15, 0.2) is 6.10 Å². The summed E-state index contributed by atoms with van der Waals surface area (Å²) in [5.74, 6) is -1.62. The number of urea groups is 1. The van der Waals surface area contributed by atoms with Crippen LogP contribution in [0.5, 0.6) is 0 Å². The van der Waals surface area contributed by atoms with E-state index in [2.05, 4.69) is 10.6 Å². The van der Waals surface area contributed by atoms with E-state index >= 15 is 0 Å². The second kappa shape index (κ2) is 7.91. The zero-order valence-electron chi connectivity index (χ0n) is 13.7. The molecule has 0 saturated carbocycles. The number of ether oxygens (including phenoxy) is 1. The molecule has 1 aromatic heterocycles. The number of aromatic nitrogens is 1. The summed E-state index contributed by atoms with van der Waals surface area (Å²) in [6.07, 6.45) is 0.204. The van der Waals surface area contributed by atoms with Crippen molar-refractivity contribution >= 4 is 23.6 Å². The van der Waals surface area contributed by atoms with E-state index < -0.39 is 24.0 Å². The van der Waals surface area contributed by atoms with Gasteiger partial charge in [-0.15, -0.1) is 0 Å². The third-order valence-electron chi connectivity index (χ3n) is 3.26. The lowest BCUT2D eigenvalue weighted by Crippen LogP contribution is -2.41. The van der Waals surface area contributed by atoms with E-state index in [-0.39, 0.29) is 11.1 Å². The Balaban J connectivity index is 1.91. The van der Waals surface area contributed by atoms with Crippen LogP contribution in [0.15, 0.2) is 53.5 Å². The van der Waals surface area contributed by atoms with E-state index in [1.165, 1.54) is 23.8 Å². The molecule has 2 N–H and O–H groups in total. The molecule has 0 aliphatic heterocycles. The van der Waals surface area contributed by atoms with Gasteiger partial charge in [-0.3, -0.25) is 14.9 Å². The van der Waals surface area contributed by atoms with Gasteiger partial charge in [0.25, 0.3) is 11.5 Å². The summed E-state index contributed by atoms with van der Waals surface area (Å²) < 4.78 is 6.26. The average molecular weight is 343 g/mol. The highest BCUT2D eigenvalue weighted by Crippen LogP contribution is 2.05. The number of esters is 1. The Morgan fingerprint density at radius 1 is 1.12 bits per heavy atom. The summed E-state index contributed by atoms with van der Waals surface area (Å²) in [7, 11) is 1.54. The highest BCUT2D eigenvalue weighted by atomic mass is 16.5. The number of imide groups is 1. The van der Waals surface area contributed by atoms with Crippen molar-refractivity contribution in [1.82, 2.24) is 9.88 Å². The average Bonchev–Trinajstić information content (AvgIpc) is 2.57. The van der Waals surface area contributed by atoms with Crippen molar-refractivity contribution in [3.05, 3.63) is 64.6 Å². The number of para-hydroxylation sites is 1. The second-order valence-electron chi connectivity index (χ2n) is 5.22. The van der Waals surface area contributed by atoms with Crippen LogP contribution in [0, 0.1) is 0 Å². The van der Waals surface area contributed by atoms with Gasteiger partial charge in [0.2, 0.25) is 0 Å². The van der Waals surface area contributed by atoms with Crippen LogP contribution in [0.3, 0.4) is 0 Å². The lowest BCUT2D eigenvalue weighted by molar-refractivity contribution is -0.127. The van der Waals surface area contributed by atoms with Crippen molar-refractivity contribution in [2.75, 3.05) is 5.32 Å². The van der Waals surface area contributed by atoms with Gasteiger partial charge in [-0.05, 0) is 25.1 Å². The normalized spacial score (nSPS) is 11.3. The number of pyridine rings is 1. The SMILES string of the molecule is C[C@H](OC(=O)c1ccn(C)c(=O)c1)C(=O)NC(=O)Nc1ccccc1. The zero-order chi connectivity index (χ0) is 18.4. The first kappa shape index (κ1) is 17.9. The molecule has 1 heterocycles. The number of anilines is 1. The molecule has 8 heteroatoms. The molecule has 1 atom stereocenters. The number of benzene rings is 1. The van der Waals surface area contributed by atoms with Gasteiger partial charge in [0.05, 0.1) is 5.56 Å². The Hall–Kier alpha value is -3.42. The van der Waals surface area contributed by atoms with Crippen LogP contribution in [0.25, 0.3) is 0 Å². The van der Waals surface area contributed by atoms with E-state index in [1.807, 2.05) is 0 Å². The highest BCUT2D eigenvalue weighted by Gasteiger charge is 2.21. The maximum absolute atomic E-state index is 11.9. The smallest absolute Gasteiger partial charge is 0.339 e. The van der Waals surface area contributed by atoms with Crippen molar-refractivity contribution in [2.24, 2.45) is 7.05 Å². The van der Waals surface area contributed by atoms with Gasteiger partial charge in [-0.1, -0.05) is 18.2 Å². The molecule has 0 bridgehead atoms. The quantitative estimate of drug-likeness (QED) is 0.813. The molecule has 0 unspecified atom stereocenters. The van der Waals surface area contributed by atoms with Gasteiger partial charge in [0, 0.05) is 25.0 Å². The first-order chi connectivity index (χ1) is 11.9. The van der Waals surface area contributed by atoms with Crippen molar-refractivity contribution in [2.45, 2.75) is 13.0 Å². The molecule has 8 nitrogen and oxygen atoms in total. The Morgan fingerprint density at radius 2 is 1.80 bits per heavy atom. The Labute approximate surface area is 143 Å². The Bertz CT molecular complexity index is 845. The van der Waals surface area contributed by atoms with Crippen LogP contribution < -0.4 is 16.2 Å². The maximum atomic E-state index is 11.9. The third-order valence-corrected chi connectivity index (χ3v) is 3.26. The monoisotopic (exact) mass is 343 g/mol. The predicted molar refractivity (Wildman–Crippen MR) is 90.2 cm³/mol. The first-order valence-electron chi connectivity index (χ1n) is 7.41. The van der Waals surface area contributed by atoms with Crippen LogP contribution in [-0.2, 0) is 16.6 Å². The fourth-order valence-corrected chi connectivity index (χ4v) is 1.85. The van der Waals surface area contributed by atoms with Crippen molar-refractivity contribution < 1.29 is 19.1 Å². The molecule has 3 amide bonds. The summed E-state index contributed by atoms with van der Waals surface area (Å²) in [6, 6.07) is 10.3. The summed E-state index contributed by atoms with van der Waals surface area (Å²) in [5, 5.41) is 4.54. The van der Waals surface area contributed by atoms with Crippen LogP contribution in [-0.4, -0.2) is 28.6 Å². The van der Waals surface area contributed by atoms with Crippen LogP contribution in [0.2, 0.25) is 0 Å². The fourth-order valence-electron chi connectivity index (χ4n) is 1.85. The van der Waals surface area contributed by atoms with E-state index in [1.54, 1.807) is 37.4 Å². The molecule has 25 heavy (non-hydrogen) atoms. The Kier molecular flexibility index (Phi) is 5.67. The molecule has 1 aromatic carbocycles. The number of rotatable bonds is 4. The van der Waals surface area contributed by atoms with Crippen molar-refractivity contribution in [3.8, 4) is 0 Å².